The number of carboxylic acids is 1. The summed E-state index contributed by atoms with van der Waals surface area (Å²) in [4.78, 5) is 40.6. The van der Waals surface area contributed by atoms with E-state index in [1.165, 1.54) is 5.57 Å². The maximum atomic E-state index is 13.3. The largest absolute Gasteiger partial charge is 0.481 e. The molecule has 1 unspecified atom stereocenters. The summed E-state index contributed by atoms with van der Waals surface area (Å²) in [6, 6.07) is 16.2. The number of amides is 3. The van der Waals surface area contributed by atoms with E-state index in [1.54, 1.807) is 30.3 Å². The van der Waals surface area contributed by atoms with Crippen LogP contribution in [-0.2, 0) is 11.0 Å². The van der Waals surface area contributed by atoms with E-state index in [2.05, 4.69) is 27.0 Å². The molecule has 1 aromatic heterocycles. The van der Waals surface area contributed by atoms with Crippen LogP contribution in [0.3, 0.4) is 0 Å². The number of nitrogens with one attached hydrogen (secondary N) is 3. The van der Waals surface area contributed by atoms with E-state index in [1.807, 2.05) is 24.3 Å². The van der Waals surface area contributed by atoms with Crippen molar-refractivity contribution in [1.29, 1.82) is 5.26 Å². The third kappa shape index (κ3) is 7.70. The van der Waals surface area contributed by atoms with Gasteiger partial charge in [0.05, 0.1) is 33.8 Å². The fourth-order valence-electron chi connectivity index (χ4n) is 5.16. The van der Waals surface area contributed by atoms with Crippen molar-refractivity contribution >= 4 is 50.2 Å². The van der Waals surface area contributed by atoms with Crippen molar-refractivity contribution in [2.24, 2.45) is 0 Å². The van der Waals surface area contributed by atoms with Crippen LogP contribution in [0.4, 0.5) is 23.1 Å². The molecule has 1 atom stereocenters. The number of urea groups is 1. The zero-order chi connectivity index (χ0) is 32.8. The number of anilines is 1. The highest BCUT2D eigenvalue weighted by atomic mass is 32.1. The maximum Gasteiger partial charge on any atom is 0.416 e. The number of rotatable bonds is 9. The number of halogens is 3. The Kier molecular flexibility index (Phi) is 9.67. The highest BCUT2D eigenvalue weighted by Gasteiger charge is 2.32. The van der Waals surface area contributed by atoms with Crippen molar-refractivity contribution in [2.75, 3.05) is 11.9 Å². The third-order valence-electron chi connectivity index (χ3n) is 7.47. The van der Waals surface area contributed by atoms with E-state index in [4.69, 9.17) is 5.11 Å². The topological polar surface area (TPSA) is 144 Å². The van der Waals surface area contributed by atoms with Crippen molar-refractivity contribution in [3.63, 3.8) is 0 Å². The monoisotopic (exact) mass is 647 g/mol. The van der Waals surface area contributed by atoms with Gasteiger partial charge in [0.25, 0.3) is 5.91 Å². The SMILES string of the molecule is N#Cc1cc(C(F)(F)F)cc2nc(NC(=O)NC(c3ccc(C(=O)NCCC(=O)O)cc3)c3ccc(C4=CCCCC4)cc3)sc12. The van der Waals surface area contributed by atoms with Crippen LogP contribution in [0, 0.1) is 11.3 Å². The first-order chi connectivity index (χ1) is 22.0. The molecule has 1 aliphatic rings. The van der Waals surface area contributed by atoms with Gasteiger partial charge in [0.15, 0.2) is 5.13 Å². The molecule has 0 spiro atoms. The van der Waals surface area contributed by atoms with Gasteiger partial charge in [0.2, 0.25) is 0 Å². The Morgan fingerprint density at radius 1 is 1.02 bits per heavy atom. The van der Waals surface area contributed by atoms with Crippen LogP contribution in [0.1, 0.15) is 76.3 Å². The van der Waals surface area contributed by atoms with Crippen molar-refractivity contribution in [1.82, 2.24) is 15.6 Å². The summed E-state index contributed by atoms with van der Waals surface area (Å²) in [5, 5.41) is 26.3. The standard InChI is InChI=1S/C33H28F3N5O4S/c34-33(35,36)25-16-24(18-37)29-26(17-25)39-32(46-29)41-31(45)40-28(21-8-6-20(7-9-21)19-4-2-1-3-5-19)22-10-12-23(13-11-22)30(44)38-15-14-27(42)43/h4,6-13,16-17,28H,1-3,5,14-15H2,(H,38,44)(H,42,43)(H2,39,40,41,45). The van der Waals surface area contributed by atoms with Gasteiger partial charge in [0.1, 0.15) is 6.07 Å². The van der Waals surface area contributed by atoms with Gasteiger partial charge < -0.3 is 15.7 Å². The van der Waals surface area contributed by atoms with Gasteiger partial charge in [-0.2, -0.15) is 18.4 Å². The lowest BCUT2D eigenvalue weighted by Gasteiger charge is -2.21. The number of carbonyl (C=O) groups is 3. The second-order valence-corrected chi connectivity index (χ2v) is 11.6. The van der Waals surface area contributed by atoms with E-state index in [-0.39, 0.29) is 33.9 Å². The average Bonchev–Trinajstić information content (AvgIpc) is 3.45. The second kappa shape index (κ2) is 13.8. The van der Waals surface area contributed by atoms with Crippen LogP contribution in [0.15, 0.2) is 66.7 Å². The van der Waals surface area contributed by atoms with Crippen molar-refractivity contribution in [3.05, 3.63) is 100 Å². The Bertz CT molecular complexity index is 1840. The molecular weight excluding hydrogens is 619 g/mol. The number of carboxylic acid groups (broad SMARTS) is 1. The second-order valence-electron chi connectivity index (χ2n) is 10.7. The van der Waals surface area contributed by atoms with Crippen LogP contribution < -0.4 is 16.0 Å². The van der Waals surface area contributed by atoms with E-state index in [9.17, 15) is 32.8 Å². The van der Waals surface area contributed by atoms with E-state index in [0.29, 0.717) is 11.1 Å². The molecule has 5 rings (SSSR count). The first-order valence-electron chi connectivity index (χ1n) is 14.4. The number of allylic oxidation sites excluding steroid dienone is 2. The van der Waals surface area contributed by atoms with Gasteiger partial charge in [-0.25, -0.2) is 9.78 Å². The zero-order valence-corrected chi connectivity index (χ0v) is 25.1. The number of nitrogens with zero attached hydrogens (tertiary/aromatic N) is 2. The van der Waals surface area contributed by atoms with Crippen molar-refractivity contribution in [2.45, 2.75) is 44.3 Å². The number of carbonyl (C=O) groups excluding carboxylic acids is 2. The van der Waals surface area contributed by atoms with Gasteiger partial charge in [-0.3, -0.25) is 14.9 Å². The van der Waals surface area contributed by atoms with E-state index < -0.39 is 35.7 Å². The number of thiazole rings is 1. The average molecular weight is 648 g/mol. The lowest BCUT2D eigenvalue weighted by molar-refractivity contribution is -0.138. The minimum absolute atomic E-state index is 0.00929. The summed E-state index contributed by atoms with van der Waals surface area (Å²) >= 11 is 0.886. The molecule has 3 amide bonds. The normalized spacial score (nSPS) is 13.7. The molecule has 0 bridgehead atoms. The van der Waals surface area contributed by atoms with Crippen molar-refractivity contribution in [3.8, 4) is 6.07 Å². The summed E-state index contributed by atoms with van der Waals surface area (Å²) in [5.41, 5.74) is 2.75. The number of hydrogen-bond donors (Lipinski definition) is 4. The molecule has 1 aliphatic carbocycles. The summed E-state index contributed by atoms with van der Waals surface area (Å²) < 4.78 is 40.2. The van der Waals surface area contributed by atoms with Gasteiger partial charge in [-0.15, -0.1) is 0 Å². The molecule has 4 aromatic rings. The molecule has 9 nitrogen and oxygen atoms in total. The van der Waals surface area contributed by atoms with Crippen molar-refractivity contribution < 1.29 is 32.7 Å². The Labute approximate surface area is 265 Å². The van der Waals surface area contributed by atoms with Crippen LogP contribution in [0.25, 0.3) is 15.8 Å². The maximum absolute atomic E-state index is 13.3. The molecule has 3 aromatic carbocycles. The van der Waals surface area contributed by atoms with Gasteiger partial charge >= 0.3 is 18.2 Å². The molecule has 236 valence electrons. The number of alkyl halides is 3. The van der Waals surface area contributed by atoms with Gasteiger partial charge in [-0.1, -0.05) is 53.8 Å². The first-order valence-corrected chi connectivity index (χ1v) is 15.2. The molecule has 1 heterocycles. The predicted molar refractivity (Wildman–Crippen MR) is 167 cm³/mol. The smallest absolute Gasteiger partial charge is 0.416 e. The molecular formula is C33H28F3N5O4S. The third-order valence-corrected chi connectivity index (χ3v) is 8.49. The highest BCUT2D eigenvalue weighted by Crippen LogP contribution is 2.36. The number of benzene rings is 3. The molecule has 46 heavy (non-hydrogen) atoms. The van der Waals surface area contributed by atoms with Crippen LogP contribution in [0.5, 0.6) is 0 Å². The van der Waals surface area contributed by atoms with Crippen LogP contribution in [0.2, 0.25) is 0 Å². The number of aliphatic carboxylic acids is 1. The summed E-state index contributed by atoms with van der Waals surface area (Å²) in [5.74, 6) is -1.47. The van der Waals surface area contributed by atoms with Gasteiger partial charge in [-0.05, 0) is 72.2 Å². The lowest BCUT2D eigenvalue weighted by atomic mass is 9.91. The zero-order valence-electron chi connectivity index (χ0n) is 24.3. The predicted octanol–water partition coefficient (Wildman–Crippen LogP) is 7.26. The summed E-state index contributed by atoms with van der Waals surface area (Å²) in [7, 11) is 0. The molecule has 4 N–H and O–H groups in total. The minimum Gasteiger partial charge on any atom is -0.481 e. The van der Waals surface area contributed by atoms with Crippen LogP contribution in [-0.4, -0.2) is 34.5 Å². The Morgan fingerprint density at radius 2 is 1.72 bits per heavy atom. The highest BCUT2D eigenvalue weighted by molar-refractivity contribution is 7.22. The summed E-state index contributed by atoms with van der Waals surface area (Å²) in [6.07, 6.45) is 1.64. The molecule has 0 radical (unpaired) electrons. The number of hydrogen-bond acceptors (Lipinski definition) is 6. The summed E-state index contributed by atoms with van der Waals surface area (Å²) in [6.45, 7) is -0.0256. The Morgan fingerprint density at radius 3 is 2.33 bits per heavy atom. The minimum atomic E-state index is -4.67. The number of nitriles is 1. The first kappa shape index (κ1) is 32.2. The van der Waals surface area contributed by atoms with Gasteiger partial charge in [0, 0.05) is 12.1 Å². The fraction of sp³-hybridized carbons (Fsp3) is 0.242. The fourth-order valence-corrected chi connectivity index (χ4v) is 6.06. The lowest BCUT2D eigenvalue weighted by Crippen LogP contribution is -2.33. The number of fused-ring (bicyclic) bond motifs is 1. The number of aromatic nitrogens is 1. The molecule has 0 fully saturated rings. The molecule has 0 saturated carbocycles. The molecule has 0 saturated heterocycles. The molecule has 0 aliphatic heterocycles. The van der Waals surface area contributed by atoms with E-state index >= 15 is 0 Å². The quantitative estimate of drug-likeness (QED) is 0.151. The Balaban J connectivity index is 1.39. The van der Waals surface area contributed by atoms with Crippen LogP contribution >= 0.6 is 11.3 Å². The Hall–Kier alpha value is -5.22. The van der Waals surface area contributed by atoms with E-state index in [0.717, 1.165) is 60.3 Å². The molecule has 13 heteroatoms.